The van der Waals surface area contributed by atoms with Gasteiger partial charge >= 0.3 is 0 Å². The molecule has 0 radical (unpaired) electrons. The van der Waals surface area contributed by atoms with E-state index in [1.807, 2.05) is 25.1 Å². The van der Waals surface area contributed by atoms with Gasteiger partial charge in [-0.1, -0.05) is 6.92 Å². The van der Waals surface area contributed by atoms with Crippen LogP contribution in [0, 0.1) is 5.92 Å². The molecule has 0 saturated heterocycles. The largest absolute Gasteiger partial charge is 0.497 e. The Kier molecular flexibility index (Phi) is 8.33. The number of hydrogen-bond donors (Lipinski definition) is 2. The van der Waals surface area contributed by atoms with Gasteiger partial charge in [0.25, 0.3) is 0 Å². The lowest BCUT2D eigenvalue weighted by Gasteiger charge is -2.28. The fraction of sp³-hybridized carbons (Fsp3) is 0.647. The molecule has 0 aliphatic rings. The summed E-state index contributed by atoms with van der Waals surface area (Å²) in [6.07, 6.45) is -1.26. The quantitative estimate of drug-likeness (QED) is 0.682. The average Bonchev–Trinajstić information content (AvgIpc) is 2.56. The van der Waals surface area contributed by atoms with Crippen molar-refractivity contribution in [1.29, 1.82) is 0 Å². The summed E-state index contributed by atoms with van der Waals surface area (Å²) in [6.45, 7) is 1.74. The van der Waals surface area contributed by atoms with Gasteiger partial charge < -0.3 is 29.2 Å². The molecule has 0 bridgehead atoms. The zero-order valence-electron chi connectivity index (χ0n) is 14.5. The molecule has 1 aromatic rings. The molecule has 132 valence electrons. The zero-order chi connectivity index (χ0) is 17.4. The van der Waals surface area contributed by atoms with Crippen LogP contribution < -0.4 is 9.47 Å². The molecule has 0 fully saturated rings. The topological polar surface area (TPSA) is 77.4 Å². The van der Waals surface area contributed by atoms with Gasteiger partial charge in [-0.05, 0) is 30.5 Å². The van der Waals surface area contributed by atoms with Crippen molar-refractivity contribution in [2.24, 2.45) is 5.92 Å². The van der Waals surface area contributed by atoms with E-state index in [0.29, 0.717) is 17.9 Å². The number of methoxy groups -OCH3 is 4. The molecule has 6 heteroatoms. The Morgan fingerprint density at radius 3 is 2.22 bits per heavy atom. The second-order valence-electron chi connectivity index (χ2n) is 5.50. The molecule has 0 spiro atoms. The third-order valence-electron chi connectivity index (χ3n) is 4.04. The summed E-state index contributed by atoms with van der Waals surface area (Å²) >= 11 is 0. The maximum absolute atomic E-state index is 10.2. The number of benzene rings is 1. The highest BCUT2D eigenvalue weighted by atomic mass is 16.5. The summed E-state index contributed by atoms with van der Waals surface area (Å²) in [6, 6.07) is 5.52. The van der Waals surface area contributed by atoms with Crippen LogP contribution >= 0.6 is 0 Å². The lowest BCUT2D eigenvalue weighted by Crippen LogP contribution is -2.34. The molecule has 1 aromatic carbocycles. The first kappa shape index (κ1) is 19.7. The average molecular weight is 328 g/mol. The van der Waals surface area contributed by atoms with Crippen molar-refractivity contribution in [3.05, 3.63) is 23.8 Å². The third-order valence-corrected chi connectivity index (χ3v) is 4.04. The van der Waals surface area contributed by atoms with E-state index in [1.165, 1.54) is 7.11 Å². The maximum atomic E-state index is 10.2. The summed E-state index contributed by atoms with van der Waals surface area (Å²) in [7, 11) is 6.29. The Morgan fingerprint density at radius 1 is 1.04 bits per heavy atom. The van der Waals surface area contributed by atoms with Gasteiger partial charge in [-0.15, -0.1) is 0 Å². The van der Waals surface area contributed by atoms with Crippen LogP contribution in [0.1, 0.15) is 25.0 Å². The molecule has 0 aliphatic heterocycles. The molecule has 23 heavy (non-hydrogen) atoms. The number of aliphatic hydroxyl groups is 2. The summed E-state index contributed by atoms with van der Waals surface area (Å²) in [4.78, 5) is 0. The Hall–Kier alpha value is -1.34. The molecule has 0 heterocycles. The van der Waals surface area contributed by atoms with Gasteiger partial charge in [0.1, 0.15) is 17.6 Å². The number of aliphatic hydroxyl groups excluding tert-OH is 2. The zero-order valence-corrected chi connectivity index (χ0v) is 14.5. The molecule has 0 amide bonds. The van der Waals surface area contributed by atoms with E-state index in [2.05, 4.69) is 0 Å². The normalized spacial score (nSPS) is 16.5. The lowest BCUT2D eigenvalue weighted by atomic mass is 9.90. The summed E-state index contributed by atoms with van der Waals surface area (Å²) < 4.78 is 21.4. The summed E-state index contributed by atoms with van der Waals surface area (Å²) in [5.74, 6) is 1.38. The van der Waals surface area contributed by atoms with Gasteiger partial charge in [-0.2, -0.15) is 0 Å². The van der Waals surface area contributed by atoms with Gasteiger partial charge in [-0.3, -0.25) is 0 Å². The predicted molar refractivity (Wildman–Crippen MR) is 87.0 cm³/mol. The highest BCUT2D eigenvalue weighted by Crippen LogP contribution is 2.37. The van der Waals surface area contributed by atoms with Crippen LogP contribution in [-0.4, -0.2) is 57.5 Å². The van der Waals surface area contributed by atoms with Crippen molar-refractivity contribution in [3.8, 4) is 11.5 Å². The first-order valence-electron chi connectivity index (χ1n) is 7.58. The first-order chi connectivity index (χ1) is 11.0. The maximum Gasteiger partial charge on any atom is 0.124 e. The summed E-state index contributed by atoms with van der Waals surface area (Å²) in [5, 5.41) is 19.4. The van der Waals surface area contributed by atoms with Crippen molar-refractivity contribution in [1.82, 2.24) is 0 Å². The van der Waals surface area contributed by atoms with E-state index >= 15 is 0 Å². The summed E-state index contributed by atoms with van der Waals surface area (Å²) in [5.41, 5.74) is 0.854. The van der Waals surface area contributed by atoms with Gasteiger partial charge in [0.05, 0.1) is 33.0 Å². The molecule has 0 unspecified atom stereocenters. The molecule has 6 nitrogen and oxygen atoms in total. The van der Waals surface area contributed by atoms with E-state index in [-0.39, 0.29) is 18.6 Å². The fourth-order valence-electron chi connectivity index (χ4n) is 2.74. The van der Waals surface area contributed by atoms with Gasteiger partial charge in [0.2, 0.25) is 0 Å². The Balaban J connectivity index is 2.98. The minimum absolute atomic E-state index is 0.0276. The van der Waals surface area contributed by atoms with E-state index in [1.54, 1.807) is 21.3 Å². The van der Waals surface area contributed by atoms with Crippen molar-refractivity contribution in [3.63, 3.8) is 0 Å². The van der Waals surface area contributed by atoms with Crippen LogP contribution in [0.3, 0.4) is 0 Å². The first-order valence-corrected chi connectivity index (χ1v) is 7.58. The minimum atomic E-state index is -0.783. The molecule has 0 saturated carbocycles. The number of rotatable bonds is 10. The van der Waals surface area contributed by atoms with Crippen LogP contribution in [0.5, 0.6) is 11.5 Å². The molecule has 2 N–H and O–H groups in total. The molecular weight excluding hydrogens is 300 g/mol. The number of hydrogen-bond acceptors (Lipinski definition) is 6. The van der Waals surface area contributed by atoms with E-state index in [9.17, 15) is 10.2 Å². The van der Waals surface area contributed by atoms with Crippen LogP contribution in [0.2, 0.25) is 0 Å². The van der Waals surface area contributed by atoms with E-state index in [4.69, 9.17) is 18.9 Å². The fourth-order valence-corrected chi connectivity index (χ4v) is 2.74. The Morgan fingerprint density at radius 2 is 1.74 bits per heavy atom. The highest BCUT2D eigenvalue weighted by Gasteiger charge is 2.28. The second kappa shape index (κ2) is 9.72. The van der Waals surface area contributed by atoms with E-state index in [0.717, 1.165) is 5.56 Å². The van der Waals surface area contributed by atoms with E-state index < -0.39 is 12.2 Å². The van der Waals surface area contributed by atoms with Crippen molar-refractivity contribution in [2.45, 2.75) is 31.7 Å². The van der Waals surface area contributed by atoms with Crippen LogP contribution in [0.25, 0.3) is 0 Å². The molecule has 0 aliphatic carbocycles. The van der Waals surface area contributed by atoms with Crippen molar-refractivity contribution in [2.75, 3.05) is 35.0 Å². The molecular formula is C17H28O6. The Bertz CT molecular complexity index is 460. The standard InChI is InChI=1S/C17H28O6/c1-11(8-14(19)16(10-18)22-4)17(23-5)13-9-12(20-2)6-7-15(13)21-3/h6-7,9,11,14,16-19H,8,10H2,1-5H3/t11-,14-,16+,17+/m0/s1. The molecule has 0 aromatic heterocycles. The predicted octanol–water partition coefficient (Wildman–Crippen LogP) is 1.79. The minimum Gasteiger partial charge on any atom is -0.497 e. The smallest absolute Gasteiger partial charge is 0.124 e. The monoisotopic (exact) mass is 328 g/mol. The second-order valence-corrected chi connectivity index (χ2v) is 5.50. The van der Waals surface area contributed by atoms with Gasteiger partial charge in [0, 0.05) is 19.8 Å². The third kappa shape index (κ3) is 5.07. The lowest BCUT2D eigenvalue weighted by molar-refractivity contribution is -0.0598. The van der Waals surface area contributed by atoms with Crippen molar-refractivity contribution < 1.29 is 29.2 Å². The highest BCUT2D eigenvalue weighted by molar-refractivity contribution is 5.42. The van der Waals surface area contributed by atoms with Crippen LogP contribution in [0.4, 0.5) is 0 Å². The van der Waals surface area contributed by atoms with Crippen LogP contribution in [-0.2, 0) is 9.47 Å². The molecule has 1 rings (SSSR count). The Labute approximate surface area is 137 Å². The van der Waals surface area contributed by atoms with Crippen molar-refractivity contribution >= 4 is 0 Å². The SMILES string of the molecule is COc1ccc(OC)c([C@H](OC)[C@@H](C)C[C@H](O)[C@@H](CO)OC)c1. The van der Waals surface area contributed by atoms with Gasteiger partial charge in [0.15, 0.2) is 0 Å². The van der Waals surface area contributed by atoms with Crippen LogP contribution in [0.15, 0.2) is 18.2 Å². The van der Waals surface area contributed by atoms with Gasteiger partial charge in [-0.25, -0.2) is 0 Å². The molecule has 4 atom stereocenters. The number of ether oxygens (including phenoxy) is 4.